The number of carbonyl (C=O) groups excluding carboxylic acids is 1. The zero-order valence-corrected chi connectivity index (χ0v) is 8.52. The van der Waals surface area contributed by atoms with Crippen molar-refractivity contribution in [2.24, 2.45) is 0 Å². The lowest BCUT2D eigenvalue weighted by molar-refractivity contribution is 0.0692. The predicted molar refractivity (Wildman–Crippen MR) is 49.8 cm³/mol. The number of rotatable bonds is 3. The van der Waals surface area contributed by atoms with Crippen LogP contribution in [0.2, 0.25) is 0 Å². The summed E-state index contributed by atoms with van der Waals surface area (Å²) in [6.45, 7) is 0.224. The van der Waals surface area contributed by atoms with E-state index in [1.165, 1.54) is 0 Å². The molecule has 0 fully saturated rings. The van der Waals surface area contributed by atoms with E-state index in [1.54, 1.807) is 0 Å². The van der Waals surface area contributed by atoms with Crippen LogP contribution in [-0.2, 0) is 9.47 Å². The number of hydrogen-bond acceptors (Lipinski definition) is 3. The Kier molecular flexibility index (Phi) is 7.84. The van der Waals surface area contributed by atoms with Crippen LogP contribution in [0.4, 0.5) is 4.79 Å². The smallest absolute Gasteiger partial charge is 0.433 e. The minimum Gasteiger partial charge on any atom is -0.433 e. The van der Waals surface area contributed by atoms with Gasteiger partial charge < -0.3 is 9.47 Å². The molecule has 0 amide bonds. The van der Waals surface area contributed by atoms with Crippen molar-refractivity contribution in [2.45, 2.75) is 0 Å². The Morgan fingerprint density at radius 1 is 1.55 bits per heavy atom. The molecule has 0 saturated heterocycles. The SMILES string of the molecule is O=C(OCC#CI)OCCCl. The molecule has 0 heterocycles. The Hall–Kier alpha value is -0.150. The summed E-state index contributed by atoms with van der Waals surface area (Å²) in [6.07, 6.45) is -0.732. The van der Waals surface area contributed by atoms with Crippen LogP contribution in [0.1, 0.15) is 0 Å². The number of hydrogen-bond donors (Lipinski definition) is 0. The number of halogens is 2. The average molecular weight is 288 g/mol. The molecule has 0 aliphatic rings. The molecule has 0 aliphatic carbocycles. The first-order valence-corrected chi connectivity index (χ1v) is 4.36. The molecule has 0 aromatic heterocycles. The van der Waals surface area contributed by atoms with Crippen molar-refractivity contribution in [1.29, 1.82) is 0 Å². The summed E-state index contributed by atoms with van der Waals surface area (Å²) in [4.78, 5) is 10.5. The largest absolute Gasteiger partial charge is 0.509 e. The number of ether oxygens (including phenoxy) is 2. The summed E-state index contributed by atoms with van der Waals surface area (Å²) < 4.78 is 11.5. The van der Waals surface area contributed by atoms with Crippen LogP contribution in [0.3, 0.4) is 0 Å². The molecule has 0 aliphatic heterocycles. The summed E-state index contributed by atoms with van der Waals surface area (Å²) >= 11 is 7.09. The highest BCUT2D eigenvalue weighted by atomic mass is 127. The standard InChI is InChI=1S/C6H6ClIO3/c7-2-5-11-6(9)10-4-1-3-8/h2,4-5H2. The maximum Gasteiger partial charge on any atom is 0.509 e. The molecule has 62 valence electrons. The molecule has 0 aromatic rings. The van der Waals surface area contributed by atoms with Crippen molar-refractivity contribution in [3.8, 4) is 9.85 Å². The van der Waals surface area contributed by atoms with Gasteiger partial charge in [-0.2, -0.15) is 0 Å². The van der Waals surface area contributed by atoms with Gasteiger partial charge >= 0.3 is 6.16 Å². The Morgan fingerprint density at radius 3 is 2.82 bits per heavy atom. The van der Waals surface area contributed by atoms with E-state index in [0.717, 1.165) is 0 Å². The van der Waals surface area contributed by atoms with Crippen LogP contribution < -0.4 is 0 Å². The van der Waals surface area contributed by atoms with Crippen molar-refractivity contribution in [2.75, 3.05) is 19.1 Å². The summed E-state index contributed by atoms with van der Waals surface area (Å²) in [6, 6.07) is 0. The van der Waals surface area contributed by atoms with E-state index in [-0.39, 0.29) is 19.1 Å². The highest BCUT2D eigenvalue weighted by Crippen LogP contribution is 1.86. The van der Waals surface area contributed by atoms with Crippen molar-refractivity contribution in [3.63, 3.8) is 0 Å². The quantitative estimate of drug-likeness (QED) is 0.344. The first kappa shape index (κ1) is 10.8. The maximum absolute atomic E-state index is 10.5. The first-order chi connectivity index (χ1) is 5.31. The van der Waals surface area contributed by atoms with E-state index >= 15 is 0 Å². The van der Waals surface area contributed by atoms with Gasteiger partial charge in [0.25, 0.3) is 0 Å². The van der Waals surface area contributed by atoms with Gasteiger partial charge in [-0.15, -0.1) is 11.6 Å². The van der Waals surface area contributed by atoms with Crippen LogP contribution in [0.25, 0.3) is 0 Å². The lowest BCUT2D eigenvalue weighted by Gasteiger charge is -1.99. The second-order valence-corrected chi connectivity index (χ2v) is 2.26. The van der Waals surface area contributed by atoms with Gasteiger partial charge in [-0.1, -0.05) is 5.92 Å². The van der Waals surface area contributed by atoms with Crippen LogP contribution in [0.15, 0.2) is 0 Å². The molecule has 0 spiro atoms. The van der Waals surface area contributed by atoms with Crippen molar-refractivity contribution < 1.29 is 14.3 Å². The van der Waals surface area contributed by atoms with Crippen LogP contribution in [0.5, 0.6) is 0 Å². The van der Waals surface area contributed by atoms with Crippen molar-refractivity contribution in [1.82, 2.24) is 0 Å². The van der Waals surface area contributed by atoms with Crippen LogP contribution >= 0.6 is 34.2 Å². The molecule has 0 radical (unpaired) electrons. The minimum absolute atomic E-state index is 0.0596. The van der Waals surface area contributed by atoms with E-state index < -0.39 is 6.16 Å². The average Bonchev–Trinajstić information content (AvgIpc) is 2.01. The summed E-state index contributed by atoms with van der Waals surface area (Å²) in [5.41, 5.74) is 0. The van der Waals surface area contributed by atoms with E-state index in [0.29, 0.717) is 0 Å². The molecule has 11 heavy (non-hydrogen) atoms. The normalized spacial score (nSPS) is 7.82. The lowest BCUT2D eigenvalue weighted by atomic mass is 10.8. The molecular formula is C6H6ClIO3. The third kappa shape index (κ3) is 7.75. The highest BCUT2D eigenvalue weighted by molar-refractivity contribution is 14.1. The zero-order chi connectivity index (χ0) is 8.53. The van der Waals surface area contributed by atoms with Gasteiger partial charge in [0.2, 0.25) is 0 Å². The fourth-order valence-corrected chi connectivity index (χ4v) is 0.519. The lowest BCUT2D eigenvalue weighted by Crippen LogP contribution is -2.09. The summed E-state index contributed by atoms with van der Waals surface area (Å²) in [5, 5.41) is 0. The van der Waals surface area contributed by atoms with Gasteiger partial charge in [-0.05, 0) is 3.93 Å². The van der Waals surface area contributed by atoms with E-state index in [4.69, 9.17) is 11.6 Å². The van der Waals surface area contributed by atoms with Crippen molar-refractivity contribution >= 4 is 40.3 Å². The molecule has 0 atom stereocenters. The molecular weight excluding hydrogens is 282 g/mol. The van der Waals surface area contributed by atoms with E-state index in [2.05, 4.69) is 19.3 Å². The third-order valence-corrected chi connectivity index (χ3v) is 1.16. The molecule has 0 bridgehead atoms. The topological polar surface area (TPSA) is 35.5 Å². The molecule has 0 aromatic carbocycles. The molecule has 0 N–H and O–H groups in total. The van der Waals surface area contributed by atoms with E-state index in [1.807, 2.05) is 22.6 Å². The van der Waals surface area contributed by atoms with E-state index in [9.17, 15) is 4.79 Å². The second kappa shape index (κ2) is 7.95. The summed E-state index contributed by atoms with van der Waals surface area (Å²) in [7, 11) is 0. The Morgan fingerprint density at radius 2 is 2.27 bits per heavy atom. The Labute approximate surface area is 83.5 Å². The molecule has 5 heteroatoms. The Balaban J connectivity index is 3.27. The first-order valence-electron chi connectivity index (χ1n) is 2.75. The van der Waals surface area contributed by atoms with Gasteiger partial charge in [0.05, 0.1) is 5.88 Å². The number of alkyl halides is 1. The second-order valence-electron chi connectivity index (χ2n) is 1.35. The molecule has 3 nitrogen and oxygen atoms in total. The van der Waals surface area contributed by atoms with Gasteiger partial charge in [0, 0.05) is 22.6 Å². The third-order valence-electron chi connectivity index (χ3n) is 0.626. The fourth-order valence-electron chi connectivity index (χ4n) is 0.286. The molecule has 0 saturated carbocycles. The minimum atomic E-state index is -0.732. The molecule has 0 unspecified atom stereocenters. The Bertz CT molecular complexity index is 172. The summed E-state index contributed by atoms with van der Waals surface area (Å²) in [5.74, 6) is 2.81. The highest BCUT2D eigenvalue weighted by Gasteiger charge is 1.99. The fraction of sp³-hybridized carbons (Fsp3) is 0.500. The zero-order valence-electron chi connectivity index (χ0n) is 5.60. The van der Waals surface area contributed by atoms with Gasteiger partial charge in [0.1, 0.15) is 6.61 Å². The maximum atomic E-state index is 10.5. The van der Waals surface area contributed by atoms with Gasteiger partial charge in [0.15, 0.2) is 6.61 Å². The van der Waals surface area contributed by atoms with Crippen molar-refractivity contribution in [3.05, 3.63) is 0 Å². The van der Waals surface area contributed by atoms with Crippen LogP contribution in [0, 0.1) is 9.85 Å². The van der Waals surface area contributed by atoms with Crippen LogP contribution in [-0.4, -0.2) is 25.2 Å². The monoisotopic (exact) mass is 288 g/mol. The van der Waals surface area contributed by atoms with Gasteiger partial charge in [-0.3, -0.25) is 0 Å². The predicted octanol–water partition coefficient (Wildman–Crippen LogP) is 1.77. The van der Waals surface area contributed by atoms with Gasteiger partial charge in [-0.25, -0.2) is 4.79 Å². The number of carbonyl (C=O) groups is 1. The molecule has 0 rings (SSSR count).